The molecule has 0 radical (unpaired) electrons. The van der Waals surface area contributed by atoms with Crippen LogP contribution in [0.5, 0.6) is 0 Å². The molecule has 1 aromatic carbocycles. The highest BCUT2D eigenvalue weighted by molar-refractivity contribution is 6.00. The lowest BCUT2D eigenvalue weighted by atomic mass is 10.1. The first-order valence-electron chi connectivity index (χ1n) is 6.80. The molecule has 19 heavy (non-hydrogen) atoms. The second-order valence-corrected chi connectivity index (χ2v) is 5.02. The predicted octanol–water partition coefficient (Wildman–Crippen LogP) is 2.60. The molecule has 1 unspecified atom stereocenters. The second kappa shape index (κ2) is 6.45. The number of nitrogens with zero attached hydrogens (tertiary/aromatic N) is 2. The zero-order valence-corrected chi connectivity index (χ0v) is 12.6. The van der Waals surface area contributed by atoms with Crippen molar-refractivity contribution in [3.63, 3.8) is 0 Å². The Morgan fingerprint density at radius 3 is 2.42 bits per heavy atom. The minimum atomic E-state index is 0.0109. The quantitative estimate of drug-likeness (QED) is 0.831. The third-order valence-electron chi connectivity index (χ3n) is 3.43. The van der Waals surface area contributed by atoms with Crippen LogP contribution in [0.4, 0.5) is 11.4 Å². The van der Waals surface area contributed by atoms with E-state index in [4.69, 9.17) is 5.73 Å². The Kier molecular flexibility index (Phi) is 5.21. The minimum absolute atomic E-state index is 0.0109. The van der Waals surface area contributed by atoms with Gasteiger partial charge >= 0.3 is 0 Å². The van der Waals surface area contributed by atoms with Crippen LogP contribution in [0, 0.1) is 0 Å². The van der Waals surface area contributed by atoms with Crippen molar-refractivity contribution in [1.29, 1.82) is 0 Å². The molecule has 106 valence electrons. The highest BCUT2D eigenvalue weighted by atomic mass is 16.2. The first-order valence-corrected chi connectivity index (χ1v) is 6.80. The van der Waals surface area contributed by atoms with Gasteiger partial charge < -0.3 is 15.5 Å². The monoisotopic (exact) mass is 263 g/mol. The van der Waals surface area contributed by atoms with Gasteiger partial charge in [-0.05, 0) is 38.5 Å². The van der Waals surface area contributed by atoms with Crippen molar-refractivity contribution in [2.24, 2.45) is 0 Å². The van der Waals surface area contributed by atoms with Crippen molar-refractivity contribution in [2.75, 3.05) is 31.3 Å². The van der Waals surface area contributed by atoms with Crippen molar-refractivity contribution in [1.82, 2.24) is 4.90 Å². The van der Waals surface area contributed by atoms with E-state index in [0.29, 0.717) is 17.3 Å². The summed E-state index contributed by atoms with van der Waals surface area (Å²) >= 11 is 0. The van der Waals surface area contributed by atoms with Gasteiger partial charge in [0.25, 0.3) is 5.91 Å². The van der Waals surface area contributed by atoms with E-state index in [2.05, 4.69) is 25.7 Å². The SMILES string of the molecule is CCC(C)N(CC)c1cc(N)ccc1C(=O)N(C)C. The van der Waals surface area contributed by atoms with Gasteiger partial charge in [-0.1, -0.05) is 6.92 Å². The predicted molar refractivity (Wildman–Crippen MR) is 81.6 cm³/mol. The number of amides is 1. The Bertz CT molecular complexity index is 443. The van der Waals surface area contributed by atoms with Gasteiger partial charge in [0.2, 0.25) is 0 Å². The summed E-state index contributed by atoms with van der Waals surface area (Å²) in [5, 5.41) is 0. The molecule has 0 aliphatic heterocycles. The number of hydrogen-bond donors (Lipinski definition) is 1. The zero-order valence-electron chi connectivity index (χ0n) is 12.6. The standard InChI is InChI=1S/C15H25N3O/c1-6-11(3)18(7-2)14-10-12(16)8-9-13(14)15(19)17(4)5/h8-11H,6-7,16H2,1-5H3. The molecule has 0 spiro atoms. The third-order valence-corrected chi connectivity index (χ3v) is 3.43. The highest BCUT2D eigenvalue weighted by Crippen LogP contribution is 2.27. The van der Waals surface area contributed by atoms with Crippen molar-refractivity contribution < 1.29 is 4.79 Å². The maximum Gasteiger partial charge on any atom is 0.255 e. The minimum Gasteiger partial charge on any atom is -0.399 e. The van der Waals surface area contributed by atoms with Crippen LogP contribution in [0.25, 0.3) is 0 Å². The van der Waals surface area contributed by atoms with Gasteiger partial charge in [0.15, 0.2) is 0 Å². The molecule has 0 saturated carbocycles. The van der Waals surface area contributed by atoms with E-state index in [-0.39, 0.29) is 5.91 Å². The highest BCUT2D eigenvalue weighted by Gasteiger charge is 2.20. The number of anilines is 2. The van der Waals surface area contributed by atoms with Gasteiger partial charge in [-0.15, -0.1) is 0 Å². The Labute approximate surface area is 116 Å². The van der Waals surface area contributed by atoms with Crippen molar-refractivity contribution in [3.8, 4) is 0 Å². The molecule has 1 atom stereocenters. The van der Waals surface area contributed by atoms with Gasteiger partial charge in [-0.25, -0.2) is 0 Å². The fraction of sp³-hybridized carbons (Fsp3) is 0.533. The second-order valence-electron chi connectivity index (χ2n) is 5.02. The smallest absolute Gasteiger partial charge is 0.255 e. The van der Waals surface area contributed by atoms with Crippen molar-refractivity contribution in [3.05, 3.63) is 23.8 Å². The number of carbonyl (C=O) groups is 1. The zero-order chi connectivity index (χ0) is 14.6. The summed E-state index contributed by atoms with van der Waals surface area (Å²) in [6.45, 7) is 7.26. The van der Waals surface area contributed by atoms with E-state index in [0.717, 1.165) is 18.7 Å². The van der Waals surface area contributed by atoms with Crippen LogP contribution >= 0.6 is 0 Å². The molecule has 0 aliphatic carbocycles. The number of nitrogen functional groups attached to an aromatic ring is 1. The summed E-state index contributed by atoms with van der Waals surface area (Å²) < 4.78 is 0. The molecule has 0 bridgehead atoms. The molecule has 2 N–H and O–H groups in total. The van der Waals surface area contributed by atoms with Gasteiger partial charge in [-0.3, -0.25) is 4.79 Å². The van der Waals surface area contributed by atoms with Crippen molar-refractivity contribution >= 4 is 17.3 Å². The first kappa shape index (κ1) is 15.3. The fourth-order valence-electron chi connectivity index (χ4n) is 2.15. The molecule has 4 heteroatoms. The average molecular weight is 263 g/mol. The Hall–Kier alpha value is -1.71. The topological polar surface area (TPSA) is 49.6 Å². The molecular weight excluding hydrogens is 238 g/mol. The van der Waals surface area contributed by atoms with Crippen LogP contribution < -0.4 is 10.6 Å². The Balaban J connectivity index is 3.30. The Morgan fingerprint density at radius 1 is 1.32 bits per heavy atom. The lowest BCUT2D eigenvalue weighted by Gasteiger charge is -2.31. The maximum absolute atomic E-state index is 12.3. The number of hydrogen-bond acceptors (Lipinski definition) is 3. The fourth-order valence-corrected chi connectivity index (χ4v) is 2.15. The number of nitrogens with two attached hydrogens (primary N) is 1. The first-order chi connectivity index (χ1) is 8.92. The van der Waals surface area contributed by atoms with Gasteiger partial charge in [0.05, 0.1) is 11.3 Å². The summed E-state index contributed by atoms with van der Waals surface area (Å²) in [6, 6.07) is 5.87. The van der Waals surface area contributed by atoms with Crippen LogP contribution in [0.3, 0.4) is 0 Å². The van der Waals surface area contributed by atoms with E-state index in [1.54, 1.807) is 25.1 Å². The van der Waals surface area contributed by atoms with Gasteiger partial charge in [0, 0.05) is 32.4 Å². The molecule has 1 amide bonds. The average Bonchev–Trinajstić information content (AvgIpc) is 2.38. The molecule has 0 heterocycles. The summed E-state index contributed by atoms with van der Waals surface area (Å²) in [4.78, 5) is 16.1. The molecule has 4 nitrogen and oxygen atoms in total. The number of carbonyl (C=O) groups excluding carboxylic acids is 1. The normalized spacial score (nSPS) is 12.1. The summed E-state index contributed by atoms with van der Waals surface area (Å²) in [5.74, 6) is 0.0109. The molecular formula is C15H25N3O. The van der Waals surface area contributed by atoms with E-state index in [1.807, 2.05) is 12.1 Å². The van der Waals surface area contributed by atoms with Crippen LogP contribution in [-0.2, 0) is 0 Å². The summed E-state index contributed by atoms with van der Waals surface area (Å²) in [6.07, 6.45) is 1.03. The molecule has 1 aromatic rings. The Morgan fingerprint density at radius 2 is 1.95 bits per heavy atom. The maximum atomic E-state index is 12.3. The number of rotatable bonds is 5. The van der Waals surface area contributed by atoms with Crippen LogP contribution in [0.1, 0.15) is 37.6 Å². The van der Waals surface area contributed by atoms with E-state index in [9.17, 15) is 4.79 Å². The molecule has 0 aliphatic rings. The molecule has 0 saturated heterocycles. The number of benzene rings is 1. The summed E-state index contributed by atoms with van der Waals surface area (Å²) in [5.41, 5.74) is 8.21. The largest absolute Gasteiger partial charge is 0.399 e. The van der Waals surface area contributed by atoms with Crippen molar-refractivity contribution in [2.45, 2.75) is 33.2 Å². The lowest BCUT2D eigenvalue weighted by molar-refractivity contribution is 0.0828. The molecule has 1 rings (SSSR count). The van der Waals surface area contributed by atoms with E-state index >= 15 is 0 Å². The molecule has 0 aromatic heterocycles. The van der Waals surface area contributed by atoms with Crippen LogP contribution in [0.15, 0.2) is 18.2 Å². The van der Waals surface area contributed by atoms with Crippen LogP contribution in [-0.4, -0.2) is 37.5 Å². The summed E-state index contributed by atoms with van der Waals surface area (Å²) in [7, 11) is 3.53. The third kappa shape index (κ3) is 3.40. The molecule has 0 fully saturated rings. The van der Waals surface area contributed by atoms with E-state index in [1.165, 1.54) is 0 Å². The lowest BCUT2D eigenvalue weighted by Crippen LogP contribution is -2.34. The van der Waals surface area contributed by atoms with Gasteiger partial charge in [0.1, 0.15) is 0 Å². The van der Waals surface area contributed by atoms with E-state index < -0.39 is 0 Å². The van der Waals surface area contributed by atoms with Crippen LogP contribution in [0.2, 0.25) is 0 Å². The van der Waals surface area contributed by atoms with Gasteiger partial charge in [-0.2, -0.15) is 0 Å².